The number of halogens is 1. The largest absolute Gasteiger partial charge is 0.382 e. The normalized spacial score (nSPS) is 10.2. The van der Waals surface area contributed by atoms with Crippen molar-refractivity contribution >= 4 is 11.6 Å². The molecule has 0 atom stereocenters. The van der Waals surface area contributed by atoms with Crippen molar-refractivity contribution < 1.29 is 9.18 Å². The second-order valence-corrected chi connectivity index (χ2v) is 3.81. The predicted octanol–water partition coefficient (Wildman–Crippen LogP) is 1.31. The van der Waals surface area contributed by atoms with Crippen molar-refractivity contribution in [2.45, 2.75) is 13.5 Å². The smallest absolute Gasteiger partial charge is 0.253 e. The molecular weight excluding hydrogens is 249 g/mol. The van der Waals surface area contributed by atoms with E-state index < -0.39 is 5.82 Å². The van der Waals surface area contributed by atoms with E-state index in [-0.39, 0.29) is 23.7 Å². The lowest BCUT2D eigenvalue weighted by atomic mass is 10.1. The highest BCUT2D eigenvalue weighted by atomic mass is 19.1. The van der Waals surface area contributed by atoms with Crippen molar-refractivity contribution in [3.8, 4) is 0 Å². The lowest BCUT2D eigenvalue weighted by Crippen LogP contribution is -2.25. The Morgan fingerprint density at radius 1 is 1.47 bits per heavy atom. The first-order chi connectivity index (χ1) is 9.22. The second kappa shape index (κ2) is 5.94. The Morgan fingerprint density at radius 3 is 3.00 bits per heavy atom. The van der Waals surface area contributed by atoms with Gasteiger partial charge in [0, 0.05) is 6.54 Å². The molecule has 0 bridgehead atoms. The molecular formula is C12H14FN5O. The number of nitrogens with one attached hydrogen (secondary N) is 3. The summed E-state index contributed by atoms with van der Waals surface area (Å²) in [4.78, 5) is 15.9. The van der Waals surface area contributed by atoms with Crippen LogP contribution in [-0.4, -0.2) is 27.6 Å². The lowest BCUT2D eigenvalue weighted by Gasteiger charge is -2.11. The van der Waals surface area contributed by atoms with Gasteiger partial charge in [0.15, 0.2) is 0 Å². The summed E-state index contributed by atoms with van der Waals surface area (Å²) in [7, 11) is 0. The predicted molar refractivity (Wildman–Crippen MR) is 68.1 cm³/mol. The third-order valence-electron chi connectivity index (χ3n) is 2.49. The Bertz CT molecular complexity index is 555. The summed E-state index contributed by atoms with van der Waals surface area (Å²) in [6.07, 6.45) is 1.35. The molecule has 7 heteroatoms. The zero-order chi connectivity index (χ0) is 13.7. The van der Waals surface area contributed by atoms with E-state index >= 15 is 0 Å². The highest BCUT2D eigenvalue weighted by Gasteiger charge is 2.14. The number of amides is 1. The maximum Gasteiger partial charge on any atom is 0.253 e. The van der Waals surface area contributed by atoms with E-state index in [2.05, 4.69) is 25.8 Å². The molecule has 1 aromatic carbocycles. The monoisotopic (exact) mass is 263 g/mol. The van der Waals surface area contributed by atoms with Gasteiger partial charge in [0.05, 0.1) is 17.8 Å². The first kappa shape index (κ1) is 13.0. The number of H-pyrrole nitrogens is 1. The molecule has 0 saturated heterocycles. The van der Waals surface area contributed by atoms with E-state index in [1.165, 1.54) is 18.5 Å². The number of para-hydroxylation sites is 1. The minimum absolute atomic E-state index is 0.208. The fraction of sp³-hybridized carbons (Fsp3) is 0.250. The van der Waals surface area contributed by atoms with E-state index in [0.717, 1.165) is 0 Å². The zero-order valence-electron chi connectivity index (χ0n) is 10.4. The molecule has 19 heavy (non-hydrogen) atoms. The van der Waals surface area contributed by atoms with Crippen molar-refractivity contribution in [1.29, 1.82) is 0 Å². The van der Waals surface area contributed by atoms with E-state index in [1.807, 2.05) is 6.92 Å². The van der Waals surface area contributed by atoms with Gasteiger partial charge in [-0.05, 0) is 19.1 Å². The van der Waals surface area contributed by atoms with Crippen molar-refractivity contribution in [1.82, 2.24) is 20.5 Å². The Hall–Kier alpha value is -2.44. The van der Waals surface area contributed by atoms with E-state index in [4.69, 9.17) is 0 Å². The van der Waals surface area contributed by atoms with Crippen LogP contribution in [0.2, 0.25) is 0 Å². The summed E-state index contributed by atoms with van der Waals surface area (Å²) < 4.78 is 13.6. The van der Waals surface area contributed by atoms with E-state index in [0.29, 0.717) is 12.4 Å². The van der Waals surface area contributed by atoms with Crippen LogP contribution in [0.15, 0.2) is 24.5 Å². The van der Waals surface area contributed by atoms with Crippen LogP contribution in [-0.2, 0) is 6.54 Å². The zero-order valence-corrected chi connectivity index (χ0v) is 10.4. The summed E-state index contributed by atoms with van der Waals surface area (Å²) in [5.41, 5.74) is 0.474. The quantitative estimate of drug-likeness (QED) is 0.759. The van der Waals surface area contributed by atoms with Gasteiger partial charge in [0.25, 0.3) is 5.91 Å². The molecule has 1 amide bonds. The second-order valence-electron chi connectivity index (χ2n) is 3.81. The number of carbonyl (C=O) groups is 1. The molecule has 0 radical (unpaired) electrons. The molecule has 0 aliphatic rings. The van der Waals surface area contributed by atoms with Gasteiger partial charge in [-0.15, -0.1) is 0 Å². The number of hydrogen-bond acceptors (Lipinski definition) is 4. The van der Waals surface area contributed by atoms with Crippen molar-refractivity contribution in [3.05, 3.63) is 41.7 Å². The number of anilines is 1. The highest BCUT2D eigenvalue weighted by molar-refractivity contribution is 5.99. The SMILES string of the molecule is CCNc1c(F)cccc1C(=O)NCc1ncn[nH]1. The molecule has 6 nitrogen and oxygen atoms in total. The first-order valence-corrected chi connectivity index (χ1v) is 5.87. The summed E-state index contributed by atoms with van der Waals surface area (Å²) >= 11 is 0. The van der Waals surface area contributed by atoms with Crippen LogP contribution in [0.5, 0.6) is 0 Å². The van der Waals surface area contributed by atoms with Gasteiger partial charge in [-0.2, -0.15) is 5.10 Å². The average molecular weight is 263 g/mol. The lowest BCUT2D eigenvalue weighted by molar-refractivity contribution is 0.0950. The fourth-order valence-corrected chi connectivity index (χ4v) is 1.65. The number of aromatic amines is 1. The van der Waals surface area contributed by atoms with Gasteiger partial charge in [0.2, 0.25) is 0 Å². The van der Waals surface area contributed by atoms with Gasteiger partial charge in [-0.3, -0.25) is 9.89 Å². The molecule has 2 aromatic rings. The van der Waals surface area contributed by atoms with Crippen LogP contribution in [0.1, 0.15) is 23.1 Å². The van der Waals surface area contributed by atoms with Crippen molar-refractivity contribution in [2.24, 2.45) is 0 Å². The van der Waals surface area contributed by atoms with Gasteiger partial charge < -0.3 is 10.6 Å². The van der Waals surface area contributed by atoms with Gasteiger partial charge in [-0.1, -0.05) is 6.07 Å². The Labute approximate surface area is 109 Å². The third kappa shape index (κ3) is 3.06. The molecule has 0 saturated carbocycles. The molecule has 1 heterocycles. The van der Waals surface area contributed by atoms with Gasteiger partial charge in [-0.25, -0.2) is 9.37 Å². The van der Waals surface area contributed by atoms with Crippen molar-refractivity contribution in [3.63, 3.8) is 0 Å². The van der Waals surface area contributed by atoms with Crippen LogP contribution in [0.25, 0.3) is 0 Å². The van der Waals surface area contributed by atoms with Crippen LogP contribution < -0.4 is 10.6 Å². The molecule has 0 fully saturated rings. The fourth-order valence-electron chi connectivity index (χ4n) is 1.65. The summed E-state index contributed by atoms with van der Waals surface area (Å²) in [5, 5.41) is 11.8. The van der Waals surface area contributed by atoms with Crippen LogP contribution in [0.4, 0.5) is 10.1 Å². The molecule has 100 valence electrons. The maximum absolute atomic E-state index is 13.6. The Morgan fingerprint density at radius 2 is 2.32 bits per heavy atom. The van der Waals surface area contributed by atoms with Crippen LogP contribution in [0, 0.1) is 5.82 Å². The van der Waals surface area contributed by atoms with E-state index in [9.17, 15) is 9.18 Å². The molecule has 0 spiro atoms. The minimum Gasteiger partial charge on any atom is -0.382 e. The molecule has 1 aromatic heterocycles. The first-order valence-electron chi connectivity index (χ1n) is 5.87. The highest BCUT2D eigenvalue weighted by Crippen LogP contribution is 2.19. The number of carbonyl (C=O) groups excluding carboxylic acids is 1. The number of hydrogen-bond donors (Lipinski definition) is 3. The molecule has 2 rings (SSSR count). The number of aromatic nitrogens is 3. The van der Waals surface area contributed by atoms with Crippen molar-refractivity contribution in [2.75, 3.05) is 11.9 Å². The Balaban J connectivity index is 2.12. The number of rotatable bonds is 5. The topological polar surface area (TPSA) is 82.7 Å². The number of nitrogens with zero attached hydrogens (tertiary/aromatic N) is 2. The molecule has 0 aliphatic heterocycles. The third-order valence-corrected chi connectivity index (χ3v) is 2.49. The van der Waals surface area contributed by atoms with Crippen LogP contribution >= 0.6 is 0 Å². The summed E-state index contributed by atoms with van der Waals surface area (Å²) in [6, 6.07) is 4.38. The van der Waals surface area contributed by atoms with Crippen LogP contribution in [0.3, 0.4) is 0 Å². The summed E-state index contributed by atoms with van der Waals surface area (Å²) in [5.74, 6) is -0.282. The average Bonchev–Trinajstić information content (AvgIpc) is 2.92. The van der Waals surface area contributed by atoms with Gasteiger partial charge >= 0.3 is 0 Å². The maximum atomic E-state index is 13.6. The molecule has 0 aliphatic carbocycles. The summed E-state index contributed by atoms with van der Waals surface area (Å²) in [6.45, 7) is 2.58. The number of benzene rings is 1. The van der Waals surface area contributed by atoms with E-state index in [1.54, 1.807) is 6.07 Å². The minimum atomic E-state index is -0.450. The standard InChI is InChI=1S/C12H14FN5O/c1-2-14-11-8(4-3-5-9(11)13)12(19)15-6-10-16-7-17-18-10/h3-5,7,14H,2,6H2,1H3,(H,15,19)(H,16,17,18). The molecule has 0 unspecified atom stereocenters. The van der Waals surface area contributed by atoms with Gasteiger partial charge in [0.1, 0.15) is 18.0 Å². The molecule has 3 N–H and O–H groups in total. The Kier molecular flexibility index (Phi) is 4.07.